The number of sulfone groups is 1. The third-order valence-electron chi connectivity index (χ3n) is 4.09. The molecule has 156 valence electrons. The van der Waals surface area contributed by atoms with Gasteiger partial charge in [-0.2, -0.15) is 0 Å². The van der Waals surface area contributed by atoms with Gasteiger partial charge in [-0.05, 0) is 36.8 Å². The zero-order chi connectivity index (χ0) is 21.6. The van der Waals surface area contributed by atoms with Gasteiger partial charge in [0, 0.05) is 12.1 Å². The van der Waals surface area contributed by atoms with Gasteiger partial charge in [-0.25, -0.2) is 8.42 Å². The van der Waals surface area contributed by atoms with E-state index >= 15 is 0 Å². The average Bonchev–Trinajstić information content (AvgIpc) is 2.67. The lowest BCUT2D eigenvalue weighted by atomic mass is 10.2. The van der Waals surface area contributed by atoms with Gasteiger partial charge in [0.15, 0.2) is 9.84 Å². The molecule has 0 aromatic heterocycles. The third kappa shape index (κ3) is 5.71. The van der Waals surface area contributed by atoms with Crippen molar-refractivity contribution in [3.8, 4) is 5.75 Å². The molecule has 0 bridgehead atoms. The normalized spacial score (nSPS) is 11.0. The molecule has 0 heterocycles. The summed E-state index contributed by atoms with van der Waals surface area (Å²) in [5, 5.41) is 3.06. The van der Waals surface area contributed by atoms with Gasteiger partial charge in [0.05, 0.1) is 35.6 Å². The maximum absolute atomic E-state index is 12.8. The quantitative estimate of drug-likeness (QED) is 0.682. The van der Waals surface area contributed by atoms with Crippen molar-refractivity contribution in [2.45, 2.75) is 18.2 Å². The largest absolute Gasteiger partial charge is 0.495 e. The Morgan fingerprint density at radius 3 is 2.52 bits per heavy atom. The molecule has 0 saturated carbocycles. The fraction of sp³-hybridized carbons (Fsp3) is 0.300. The van der Waals surface area contributed by atoms with Crippen LogP contribution in [0.1, 0.15) is 23.7 Å². The summed E-state index contributed by atoms with van der Waals surface area (Å²) in [5.41, 5.74) is 0.411. The molecule has 1 N–H and O–H groups in total. The Morgan fingerprint density at radius 2 is 1.86 bits per heavy atom. The van der Waals surface area contributed by atoms with Crippen LogP contribution in [0.15, 0.2) is 47.4 Å². The van der Waals surface area contributed by atoms with Crippen molar-refractivity contribution in [2.75, 3.05) is 31.8 Å². The molecule has 0 radical (unpaired) electrons. The molecule has 2 amide bonds. The molecule has 0 fully saturated rings. The number of rotatable bonds is 8. The van der Waals surface area contributed by atoms with Crippen molar-refractivity contribution in [1.82, 2.24) is 4.90 Å². The minimum Gasteiger partial charge on any atom is -0.495 e. The first-order valence-electron chi connectivity index (χ1n) is 8.90. The number of hydrogen-bond acceptors (Lipinski definition) is 5. The number of hydrogen-bond donors (Lipinski definition) is 1. The number of nitrogens with zero attached hydrogens (tertiary/aromatic N) is 1. The van der Waals surface area contributed by atoms with Crippen LogP contribution in [0.4, 0.5) is 5.69 Å². The highest BCUT2D eigenvalue weighted by Gasteiger charge is 2.24. The number of carbonyl (C=O) groups excluding carboxylic acids is 2. The first-order chi connectivity index (χ1) is 13.7. The van der Waals surface area contributed by atoms with Crippen molar-refractivity contribution < 1.29 is 22.7 Å². The monoisotopic (exact) mass is 438 g/mol. The van der Waals surface area contributed by atoms with Crippen LogP contribution in [0.5, 0.6) is 5.75 Å². The SMILES string of the molecule is CCCS(=O)(=O)c1ccccc1C(=O)N(C)CC(=O)Nc1cc(Cl)ccc1OC. The molecule has 7 nitrogen and oxygen atoms in total. The average molecular weight is 439 g/mol. The summed E-state index contributed by atoms with van der Waals surface area (Å²) >= 11 is 5.95. The maximum atomic E-state index is 12.8. The van der Waals surface area contributed by atoms with Gasteiger partial charge in [0.1, 0.15) is 5.75 Å². The van der Waals surface area contributed by atoms with Crippen molar-refractivity contribution in [2.24, 2.45) is 0 Å². The molecule has 9 heteroatoms. The van der Waals surface area contributed by atoms with Crippen molar-refractivity contribution in [1.29, 1.82) is 0 Å². The van der Waals surface area contributed by atoms with Crippen LogP contribution in [-0.4, -0.2) is 51.6 Å². The van der Waals surface area contributed by atoms with Gasteiger partial charge in [-0.15, -0.1) is 0 Å². The Bertz CT molecular complexity index is 1010. The number of likely N-dealkylation sites (N-methyl/N-ethyl adjacent to an activating group) is 1. The van der Waals surface area contributed by atoms with Gasteiger partial charge < -0.3 is 15.0 Å². The van der Waals surface area contributed by atoms with Crippen molar-refractivity contribution >= 4 is 38.9 Å². The molecule has 2 rings (SSSR count). The zero-order valence-electron chi connectivity index (χ0n) is 16.4. The topological polar surface area (TPSA) is 92.8 Å². The summed E-state index contributed by atoms with van der Waals surface area (Å²) in [6.45, 7) is 1.47. The number of nitrogens with one attached hydrogen (secondary N) is 1. The first-order valence-corrected chi connectivity index (χ1v) is 10.9. The predicted octanol–water partition coefficient (Wildman–Crippen LogP) is 3.24. The molecule has 0 atom stereocenters. The molecule has 0 spiro atoms. The lowest BCUT2D eigenvalue weighted by Crippen LogP contribution is -2.35. The second kappa shape index (κ2) is 9.76. The first kappa shape index (κ1) is 22.7. The number of benzene rings is 2. The van der Waals surface area contributed by atoms with Gasteiger partial charge >= 0.3 is 0 Å². The molecule has 0 aliphatic rings. The smallest absolute Gasteiger partial charge is 0.255 e. The number of ether oxygens (including phenoxy) is 1. The highest BCUT2D eigenvalue weighted by Crippen LogP contribution is 2.27. The molecule has 0 aliphatic carbocycles. The minimum atomic E-state index is -3.59. The second-order valence-corrected chi connectivity index (χ2v) is 8.88. The highest BCUT2D eigenvalue weighted by atomic mass is 35.5. The summed E-state index contributed by atoms with van der Waals surface area (Å²) in [6.07, 6.45) is 0.435. The molecule has 0 unspecified atom stereocenters. The summed E-state index contributed by atoms with van der Waals surface area (Å²) < 4.78 is 30.1. The minimum absolute atomic E-state index is 0.0318. The Hall–Kier alpha value is -2.58. The number of amides is 2. The zero-order valence-corrected chi connectivity index (χ0v) is 18.0. The third-order valence-corrected chi connectivity index (χ3v) is 6.30. The van der Waals surface area contributed by atoms with E-state index in [0.717, 1.165) is 4.90 Å². The van der Waals surface area contributed by atoms with Crippen LogP contribution in [0.2, 0.25) is 5.02 Å². The van der Waals surface area contributed by atoms with Gasteiger partial charge in [0.2, 0.25) is 5.91 Å². The fourth-order valence-electron chi connectivity index (χ4n) is 2.75. The van der Waals surface area contributed by atoms with E-state index in [4.69, 9.17) is 16.3 Å². The van der Waals surface area contributed by atoms with E-state index in [9.17, 15) is 18.0 Å². The lowest BCUT2D eigenvalue weighted by Gasteiger charge is -2.19. The molecular weight excluding hydrogens is 416 g/mol. The van der Waals surface area contributed by atoms with E-state index in [0.29, 0.717) is 22.9 Å². The van der Waals surface area contributed by atoms with Crippen LogP contribution in [0.3, 0.4) is 0 Å². The summed E-state index contributed by atoms with van der Waals surface area (Å²) in [5.74, 6) is -0.674. The molecule has 0 saturated heterocycles. The Balaban J connectivity index is 2.18. The van der Waals surface area contributed by atoms with Crippen LogP contribution >= 0.6 is 11.6 Å². The van der Waals surface area contributed by atoms with Gasteiger partial charge in [0.25, 0.3) is 5.91 Å². The number of halogens is 1. The summed E-state index contributed by atoms with van der Waals surface area (Å²) in [7, 11) is -0.698. The highest BCUT2D eigenvalue weighted by molar-refractivity contribution is 7.91. The number of methoxy groups -OCH3 is 1. The predicted molar refractivity (Wildman–Crippen MR) is 112 cm³/mol. The number of anilines is 1. The van der Waals surface area contributed by atoms with E-state index in [2.05, 4.69) is 5.32 Å². The molecular formula is C20H23ClN2O5S. The summed E-state index contributed by atoms with van der Waals surface area (Å²) in [4.78, 5) is 26.3. The van der Waals surface area contributed by atoms with Gasteiger partial charge in [-0.1, -0.05) is 30.7 Å². The fourth-order valence-corrected chi connectivity index (χ4v) is 4.46. The van der Waals surface area contributed by atoms with Crippen LogP contribution < -0.4 is 10.1 Å². The van der Waals surface area contributed by atoms with Crippen LogP contribution in [-0.2, 0) is 14.6 Å². The Labute approximate surface area is 175 Å². The molecule has 0 aliphatic heterocycles. The Kier molecular flexibility index (Phi) is 7.64. The van der Waals surface area contributed by atoms with E-state index in [-0.39, 0.29) is 22.8 Å². The number of carbonyl (C=O) groups is 2. The van der Waals surface area contributed by atoms with Gasteiger partial charge in [-0.3, -0.25) is 9.59 Å². The van der Waals surface area contributed by atoms with E-state index in [1.54, 1.807) is 31.2 Å². The second-order valence-electron chi connectivity index (χ2n) is 6.37. The van der Waals surface area contributed by atoms with Crippen molar-refractivity contribution in [3.05, 3.63) is 53.1 Å². The standard InChI is InChI=1S/C20H23ClN2O5S/c1-4-11-29(26,27)18-8-6-5-7-15(18)20(25)23(2)13-19(24)22-16-12-14(21)9-10-17(16)28-3/h5-10,12H,4,11,13H2,1-3H3,(H,22,24). The maximum Gasteiger partial charge on any atom is 0.255 e. The lowest BCUT2D eigenvalue weighted by molar-refractivity contribution is -0.116. The molecule has 2 aromatic rings. The molecule has 29 heavy (non-hydrogen) atoms. The molecule has 2 aromatic carbocycles. The van der Waals surface area contributed by atoms with Crippen LogP contribution in [0.25, 0.3) is 0 Å². The summed E-state index contributed by atoms with van der Waals surface area (Å²) in [6, 6.07) is 10.8. The van der Waals surface area contributed by atoms with E-state index in [1.165, 1.54) is 32.4 Å². The Morgan fingerprint density at radius 1 is 1.17 bits per heavy atom. The van der Waals surface area contributed by atoms with E-state index < -0.39 is 21.7 Å². The van der Waals surface area contributed by atoms with Crippen molar-refractivity contribution in [3.63, 3.8) is 0 Å². The van der Waals surface area contributed by atoms with Crippen LogP contribution in [0, 0.1) is 0 Å². The van der Waals surface area contributed by atoms with E-state index in [1.807, 2.05) is 0 Å².